The molecule has 0 bridgehead atoms. The summed E-state index contributed by atoms with van der Waals surface area (Å²) < 4.78 is 0. The first-order chi connectivity index (χ1) is 9.15. The van der Waals surface area contributed by atoms with E-state index in [-0.39, 0.29) is 36.4 Å². The number of aliphatic hydroxyl groups is 1. The summed E-state index contributed by atoms with van der Waals surface area (Å²) >= 11 is 0. The van der Waals surface area contributed by atoms with E-state index in [4.69, 9.17) is 5.11 Å². The Kier molecular flexibility index (Phi) is 4.11. The van der Waals surface area contributed by atoms with Crippen molar-refractivity contribution in [3.63, 3.8) is 0 Å². The fourth-order valence-corrected chi connectivity index (χ4v) is 2.22. The number of nitro benzene ring substituents is 1. The highest BCUT2D eigenvalue weighted by Crippen LogP contribution is 2.28. The lowest BCUT2D eigenvalue weighted by molar-refractivity contribution is -0.385. The van der Waals surface area contributed by atoms with E-state index in [1.54, 1.807) is 11.0 Å². The van der Waals surface area contributed by atoms with Crippen LogP contribution in [0.15, 0.2) is 24.3 Å². The highest BCUT2D eigenvalue weighted by Gasteiger charge is 2.31. The van der Waals surface area contributed by atoms with Crippen LogP contribution in [0.3, 0.4) is 0 Å². The molecule has 19 heavy (non-hydrogen) atoms. The van der Waals surface area contributed by atoms with Crippen LogP contribution in [0.25, 0.3) is 0 Å². The zero-order chi connectivity index (χ0) is 13.8. The van der Waals surface area contributed by atoms with E-state index in [0.29, 0.717) is 0 Å². The average Bonchev–Trinajstić information content (AvgIpc) is 2.35. The van der Waals surface area contributed by atoms with Gasteiger partial charge in [0.2, 0.25) is 0 Å². The third-order valence-corrected chi connectivity index (χ3v) is 3.45. The smallest absolute Gasteiger partial charge is 0.282 e. The van der Waals surface area contributed by atoms with Crippen LogP contribution in [-0.2, 0) is 0 Å². The first kappa shape index (κ1) is 13.5. The maximum Gasteiger partial charge on any atom is 0.282 e. The predicted molar refractivity (Wildman–Crippen MR) is 68.9 cm³/mol. The van der Waals surface area contributed by atoms with Gasteiger partial charge in [-0.2, -0.15) is 0 Å². The van der Waals surface area contributed by atoms with Crippen molar-refractivity contribution in [2.45, 2.75) is 25.3 Å². The molecular formula is C13H16N2O4. The third kappa shape index (κ3) is 2.73. The molecule has 1 N–H and O–H groups in total. The fraction of sp³-hybridized carbons (Fsp3) is 0.462. The third-order valence-electron chi connectivity index (χ3n) is 3.45. The molecule has 0 spiro atoms. The minimum absolute atomic E-state index is 0.0906. The Morgan fingerprint density at radius 2 is 2.11 bits per heavy atom. The van der Waals surface area contributed by atoms with Gasteiger partial charge in [-0.25, -0.2) is 0 Å². The molecule has 1 fully saturated rings. The standard InChI is InChI=1S/C13H16N2O4/c16-9-8-14(10-4-3-5-10)13(17)11-6-1-2-7-12(11)15(18)19/h1-2,6-7,10,16H,3-5,8-9H2. The van der Waals surface area contributed by atoms with E-state index in [9.17, 15) is 14.9 Å². The highest BCUT2D eigenvalue weighted by atomic mass is 16.6. The van der Waals surface area contributed by atoms with Gasteiger partial charge in [-0.15, -0.1) is 0 Å². The molecule has 1 amide bonds. The minimum atomic E-state index is -0.550. The number of para-hydroxylation sites is 1. The van der Waals surface area contributed by atoms with Gasteiger partial charge in [0.25, 0.3) is 11.6 Å². The second-order valence-corrected chi connectivity index (χ2v) is 4.58. The molecule has 0 unspecified atom stereocenters. The van der Waals surface area contributed by atoms with Crippen molar-refractivity contribution in [3.05, 3.63) is 39.9 Å². The highest BCUT2D eigenvalue weighted by molar-refractivity contribution is 5.98. The van der Waals surface area contributed by atoms with Crippen LogP contribution < -0.4 is 0 Å². The Morgan fingerprint density at radius 1 is 1.42 bits per heavy atom. The molecule has 102 valence electrons. The summed E-state index contributed by atoms with van der Waals surface area (Å²) in [6.07, 6.45) is 2.84. The summed E-state index contributed by atoms with van der Waals surface area (Å²) in [5.74, 6) is -0.369. The van der Waals surface area contributed by atoms with Crippen LogP contribution in [0.4, 0.5) is 5.69 Å². The molecule has 1 aliphatic carbocycles. The second-order valence-electron chi connectivity index (χ2n) is 4.58. The summed E-state index contributed by atoms with van der Waals surface area (Å²) in [4.78, 5) is 24.3. The number of hydrogen-bond acceptors (Lipinski definition) is 4. The first-order valence-corrected chi connectivity index (χ1v) is 6.30. The Labute approximate surface area is 110 Å². The predicted octanol–water partition coefficient (Wildman–Crippen LogP) is 1.58. The van der Waals surface area contributed by atoms with E-state index in [2.05, 4.69) is 0 Å². The summed E-state index contributed by atoms with van der Waals surface area (Å²) in [5.41, 5.74) is -0.0948. The van der Waals surface area contributed by atoms with Crippen LogP contribution in [0.5, 0.6) is 0 Å². The van der Waals surface area contributed by atoms with Gasteiger partial charge in [-0.3, -0.25) is 14.9 Å². The molecule has 6 heteroatoms. The van der Waals surface area contributed by atoms with E-state index in [0.717, 1.165) is 19.3 Å². The molecule has 2 rings (SSSR count). The molecular weight excluding hydrogens is 248 g/mol. The number of nitrogens with zero attached hydrogens (tertiary/aromatic N) is 2. The monoisotopic (exact) mass is 264 g/mol. The van der Waals surface area contributed by atoms with Crippen molar-refractivity contribution in [1.82, 2.24) is 4.90 Å². The SMILES string of the molecule is O=C(c1ccccc1[N+](=O)[O-])N(CCO)C1CCC1. The maximum absolute atomic E-state index is 12.4. The van der Waals surface area contributed by atoms with Crippen LogP contribution in [-0.4, -0.2) is 40.0 Å². The topological polar surface area (TPSA) is 83.7 Å². The van der Waals surface area contributed by atoms with Gasteiger partial charge in [-0.05, 0) is 25.3 Å². The molecule has 0 atom stereocenters. The van der Waals surface area contributed by atoms with E-state index in [1.807, 2.05) is 0 Å². The molecule has 1 saturated carbocycles. The van der Waals surface area contributed by atoms with E-state index >= 15 is 0 Å². The molecule has 0 saturated heterocycles. The number of amides is 1. The Morgan fingerprint density at radius 3 is 2.63 bits per heavy atom. The molecule has 0 aromatic heterocycles. The molecule has 0 radical (unpaired) electrons. The zero-order valence-corrected chi connectivity index (χ0v) is 10.5. The van der Waals surface area contributed by atoms with Gasteiger partial charge in [-0.1, -0.05) is 12.1 Å². The lowest BCUT2D eigenvalue weighted by Gasteiger charge is -2.37. The number of benzene rings is 1. The summed E-state index contributed by atoms with van der Waals surface area (Å²) in [6, 6.07) is 6.03. The summed E-state index contributed by atoms with van der Waals surface area (Å²) in [5, 5.41) is 20.0. The van der Waals surface area contributed by atoms with Crippen LogP contribution >= 0.6 is 0 Å². The number of rotatable bonds is 5. The molecule has 1 aromatic rings. The fourth-order valence-electron chi connectivity index (χ4n) is 2.22. The molecule has 1 aromatic carbocycles. The quantitative estimate of drug-likeness (QED) is 0.646. The number of aliphatic hydroxyl groups excluding tert-OH is 1. The van der Waals surface area contributed by atoms with Crippen molar-refractivity contribution >= 4 is 11.6 Å². The lowest BCUT2D eigenvalue weighted by atomic mass is 9.91. The Hall–Kier alpha value is -1.95. The van der Waals surface area contributed by atoms with E-state index < -0.39 is 4.92 Å². The van der Waals surface area contributed by atoms with Crippen molar-refractivity contribution < 1.29 is 14.8 Å². The first-order valence-electron chi connectivity index (χ1n) is 6.30. The van der Waals surface area contributed by atoms with Crippen molar-refractivity contribution in [3.8, 4) is 0 Å². The minimum Gasteiger partial charge on any atom is -0.395 e. The van der Waals surface area contributed by atoms with Crippen molar-refractivity contribution in [2.24, 2.45) is 0 Å². The number of carbonyl (C=O) groups excluding carboxylic acids is 1. The molecule has 1 aliphatic rings. The van der Waals surface area contributed by atoms with Crippen LogP contribution in [0.1, 0.15) is 29.6 Å². The van der Waals surface area contributed by atoms with Gasteiger partial charge in [0.15, 0.2) is 0 Å². The summed E-state index contributed by atoms with van der Waals surface area (Å²) in [6.45, 7) is 0.0818. The number of carbonyl (C=O) groups is 1. The number of hydrogen-bond donors (Lipinski definition) is 1. The second kappa shape index (κ2) is 5.79. The summed E-state index contributed by atoms with van der Waals surface area (Å²) in [7, 11) is 0. The van der Waals surface area contributed by atoms with Gasteiger partial charge in [0, 0.05) is 18.7 Å². The molecule has 0 heterocycles. The lowest BCUT2D eigenvalue weighted by Crippen LogP contribution is -2.45. The van der Waals surface area contributed by atoms with Gasteiger partial charge in [0.05, 0.1) is 11.5 Å². The maximum atomic E-state index is 12.4. The normalized spacial score (nSPS) is 14.8. The molecule has 0 aliphatic heterocycles. The van der Waals surface area contributed by atoms with Crippen molar-refractivity contribution in [2.75, 3.05) is 13.2 Å². The van der Waals surface area contributed by atoms with Gasteiger partial charge >= 0.3 is 0 Å². The van der Waals surface area contributed by atoms with Crippen LogP contribution in [0.2, 0.25) is 0 Å². The average molecular weight is 264 g/mol. The van der Waals surface area contributed by atoms with Gasteiger partial charge in [0.1, 0.15) is 5.56 Å². The molecule has 6 nitrogen and oxygen atoms in total. The Bertz CT molecular complexity index is 485. The van der Waals surface area contributed by atoms with Crippen molar-refractivity contribution in [1.29, 1.82) is 0 Å². The van der Waals surface area contributed by atoms with E-state index in [1.165, 1.54) is 18.2 Å². The number of nitro groups is 1. The zero-order valence-electron chi connectivity index (χ0n) is 10.5. The van der Waals surface area contributed by atoms with Crippen LogP contribution in [0, 0.1) is 10.1 Å². The van der Waals surface area contributed by atoms with Gasteiger partial charge < -0.3 is 10.0 Å². The Balaban J connectivity index is 2.28. The largest absolute Gasteiger partial charge is 0.395 e.